The van der Waals surface area contributed by atoms with Crippen molar-refractivity contribution in [2.45, 2.75) is 12.0 Å². The number of non-ortho nitro benzene ring substituents is 1. The third-order valence-corrected chi connectivity index (χ3v) is 2.97. The van der Waals surface area contributed by atoms with Gasteiger partial charge in [-0.2, -0.15) is 0 Å². The van der Waals surface area contributed by atoms with Gasteiger partial charge in [-0.15, -0.1) is 0 Å². The first-order chi connectivity index (χ1) is 8.94. The largest absolute Gasteiger partial charge is 0.479 e. The number of anilines is 1. The molecule has 0 amide bonds. The highest BCUT2D eigenvalue weighted by atomic mass is 19.1. The molecule has 1 fully saturated rings. The Morgan fingerprint density at radius 3 is 2.79 bits per heavy atom. The average Bonchev–Trinajstić information content (AvgIpc) is 2.81. The van der Waals surface area contributed by atoms with Gasteiger partial charge in [0.25, 0.3) is 5.69 Å². The van der Waals surface area contributed by atoms with E-state index in [2.05, 4.69) is 5.32 Å². The van der Waals surface area contributed by atoms with Crippen LogP contribution in [0.2, 0.25) is 0 Å². The normalized spacial score (nSPS) is 22.2. The van der Waals surface area contributed by atoms with Crippen LogP contribution in [0.4, 0.5) is 15.8 Å². The van der Waals surface area contributed by atoms with Gasteiger partial charge in [0.2, 0.25) is 0 Å². The van der Waals surface area contributed by atoms with Gasteiger partial charge in [-0.3, -0.25) is 10.1 Å². The Balaban J connectivity index is 2.28. The van der Waals surface area contributed by atoms with Crippen LogP contribution in [-0.4, -0.2) is 34.8 Å². The Hall–Kier alpha value is -2.22. The number of hydrogen-bond donors (Lipinski definition) is 2. The Bertz CT molecular complexity index is 528. The van der Waals surface area contributed by atoms with Crippen molar-refractivity contribution in [3.8, 4) is 0 Å². The SMILES string of the molecule is O=C(O)C1(Nc2ccc([N+](=O)[O-])cc2F)CCOC1. The molecule has 8 heteroatoms. The molecule has 0 bridgehead atoms. The minimum atomic E-state index is -1.39. The number of carboxylic acids is 1. The van der Waals surface area contributed by atoms with Crippen molar-refractivity contribution in [1.29, 1.82) is 0 Å². The van der Waals surface area contributed by atoms with Crippen LogP contribution in [0.25, 0.3) is 0 Å². The fraction of sp³-hybridized carbons (Fsp3) is 0.364. The number of nitro benzene ring substituents is 1. The van der Waals surface area contributed by atoms with Crippen LogP contribution in [0.5, 0.6) is 0 Å². The molecule has 1 aliphatic heterocycles. The Morgan fingerprint density at radius 2 is 2.32 bits per heavy atom. The van der Waals surface area contributed by atoms with E-state index in [1.165, 1.54) is 0 Å². The molecular weight excluding hydrogens is 259 g/mol. The summed E-state index contributed by atoms with van der Waals surface area (Å²) in [5.41, 5.74) is -1.88. The van der Waals surface area contributed by atoms with Crippen molar-refractivity contribution < 1.29 is 24.0 Å². The molecule has 7 nitrogen and oxygen atoms in total. The van der Waals surface area contributed by atoms with Gasteiger partial charge in [0.15, 0.2) is 11.4 Å². The maximum atomic E-state index is 13.7. The second kappa shape index (κ2) is 4.81. The van der Waals surface area contributed by atoms with Gasteiger partial charge in [0.1, 0.15) is 0 Å². The fourth-order valence-electron chi connectivity index (χ4n) is 1.86. The van der Waals surface area contributed by atoms with E-state index in [9.17, 15) is 24.4 Å². The maximum Gasteiger partial charge on any atom is 0.331 e. The molecule has 1 aromatic rings. The molecule has 1 unspecified atom stereocenters. The van der Waals surface area contributed by atoms with Crippen LogP contribution in [-0.2, 0) is 9.53 Å². The van der Waals surface area contributed by atoms with Crippen LogP contribution in [0, 0.1) is 15.9 Å². The number of benzene rings is 1. The first-order valence-electron chi connectivity index (χ1n) is 5.48. The van der Waals surface area contributed by atoms with Crippen molar-refractivity contribution in [2.24, 2.45) is 0 Å². The lowest BCUT2D eigenvalue weighted by Gasteiger charge is -2.25. The summed E-state index contributed by atoms with van der Waals surface area (Å²) < 4.78 is 18.7. The first-order valence-corrected chi connectivity index (χ1v) is 5.48. The zero-order chi connectivity index (χ0) is 14.0. The highest BCUT2D eigenvalue weighted by Gasteiger charge is 2.43. The summed E-state index contributed by atoms with van der Waals surface area (Å²) in [4.78, 5) is 21.0. The summed E-state index contributed by atoms with van der Waals surface area (Å²) in [6.45, 7) is 0.173. The zero-order valence-electron chi connectivity index (χ0n) is 9.76. The lowest BCUT2D eigenvalue weighted by Crippen LogP contribution is -2.47. The summed E-state index contributed by atoms with van der Waals surface area (Å²) in [6.07, 6.45) is 0.193. The number of aliphatic carboxylic acids is 1. The Kier molecular flexibility index (Phi) is 3.34. The smallest absolute Gasteiger partial charge is 0.331 e. The van der Waals surface area contributed by atoms with E-state index in [0.717, 1.165) is 18.2 Å². The van der Waals surface area contributed by atoms with Crippen molar-refractivity contribution in [1.82, 2.24) is 0 Å². The first kappa shape index (κ1) is 13.2. The van der Waals surface area contributed by atoms with Gasteiger partial charge in [-0.25, -0.2) is 9.18 Å². The molecule has 1 aliphatic rings. The predicted molar refractivity (Wildman–Crippen MR) is 62.5 cm³/mol. The van der Waals surface area contributed by atoms with Crippen molar-refractivity contribution in [3.05, 3.63) is 34.1 Å². The highest BCUT2D eigenvalue weighted by Crippen LogP contribution is 2.28. The molecule has 0 aromatic heterocycles. The van der Waals surface area contributed by atoms with Gasteiger partial charge in [-0.05, 0) is 6.07 Å². The number of nitro groups is 1. The summed E-state index contributed by atoms with van der Waals surface area (Å²) in [5, 5.41) is 22.2. The van der Waals surface area contributed by atoms with Crippen LogP contribution >= 0.6 is 0 Å². The molecule has 1 saturated heterocycles. The van der Waals surface area contributed by atoms with Gasteiger partial charge in [0, 0.05) is 19.1 Å². The number of nitrogens with one attached hydrogen (secondary N) is 1. The summed E-state index contributed by atoms with van der Waals surface area (Å²) in [5.74, 6) is -2.02. The van der Waals surface area contributed by atoms with Crippen LogP contribution in [0.1, 0.15) is 6.42 Å². The lowest BCUT2D eigenvalue weighted by atomic mass is 9.98. The minimum Gasteiger partial charge on any atom is -0.479 e. The number of hydrogen-bond acceptors (Lipinski definition) is 5. The number of carbonyl (C=O) groups is 1. The van der Waals surface area contributed by atoms with Crippen LogP contribution in [0.15, 0.2) is 18.2 Å². The van der Waals surface area contributed by atoms with Gasteiger partial charge >= 0.3 is 5.97 Å². The van der Waals surface area contributed by atoms with Crippen LogP contribution in [0.3, 0.4) is 0 Å². The second-order valence-electron chi connectivity index (χ2n) is 4.24. The van der Waals surface area contributed by atoms with Crippen LogP contribution < -0.4 is 5.32 Å². The Morgan fingerprint density at radius 1 is 1.58 bits per heavy atom. The minimum absolute atomic E-state index is 0.0846. The monoisotopic (exact) mass is 270 g/mol. The molecule has 19 heavy (non-hydrogen) atoms. The molecule has 1 aromatic carbocycles. The van der Waals surface area contributed by atoms with E-state index in [-0.39, 0.29) is 25.3 Å². The topological polar surface area (TPSA) is 102 Å². The van der Waals surface area contributed by atoms with E-state index in [1.54, 1.807) is 0 Å². The second-order valence-corrected chi connectivity index (χ2v) is 4.24. The maximum absolute atomic E-state index is 13.7. The number of halogens is 1. The number of carboxylic acid groups (broad SMARTS) is 1. The highest BCUT2D eigenvalue weighted by molar-refractivity contribution is 5.83. The van der Waals surface area contributed by atoms with Gasteiger partial charge in [0.05, 0.1) is 23.3 Å². The quantitative estimate of drug-likeness (QED) is 0.633. The van der Waals surface area contributed by atoms with Crippen molar-refractivity contribution in [3.63, 3.8) is 0 Å². The number of nitrogens with zero attached hydrogens (tertiary/aromatic N) is 1. The van der Waals surface area contributed by atoms with E-state index in [4.69, 9.17) is 4.74 Å². The molecule has 0 radical (unpaired) electrons. The molecule has 2 N–H and O–H groups in total. The number of ether oxygens (including phenoxy) is 1. The van der Waals surface area contributed by atoms with E-state index < -0.39 is 27.9 Å². The molecule has 102 valence electrons. The van der Waals surface area contributed by atoms with E-state index in [1.807, 2.05) is 0 Å². The van der Waals surface area contributed by atoms with E-state index in [0.29, 0.717) is 0 Å². The molecule has 0 spiro atoms. The summed E-state index contributed by atoms with van der Waals surface area (Å²) in [7, 11) is 0. The Labute approximate surface area is 107 Å². The molecule has 1 heterocycles. The van der Waals surface area contributed by atoms with Crippen molar-refractivity contribution in [2.75, 3.05) is 18.5 Å². The standard InChI is InChI=1S/C11H11FN2O5/c12-8-5-7(14(17)18)1-2-9(8)13-11(10(15)16)3-4-19-6-11/h1-2,5,13H,3-4,6H2,(H,15,16). The van der Waals surface area contributed by atoms with Crippen molar-refractivity contribution >= 4 is 17.3 Å². The molecule has 0 saturated carbocycles. The summed E-state index contributed by atoms with van der Waals surface area (Å²) >= 11 is 0. The third kappa shape index (κ3) is 2.48. The molecular formula is C11H11FN2O5. The molecule has 2 rings (SSSR count). The lowest BCUT2D eigenvalue weighted by molar-refractivity contribution is -0.385. The fourth-order valence-corrected chi connectivity index (χ4v) is 1.86. The molecule has 0 aliphatic carbocycles. The van der Waals surface area contributed by atoms with Gasteiger partial charge in [-0.1, -0.05) is 0 Å². The van der Waals surface area contributed by atoms with Gasteiger partial charge < -0.3 is 15.2 Å². The molecule has 1 atom stereocenters. The zero-order valence-corrected chi connectivity index (χ0v) is 9.76. The summed E-state index contributed by atoms with van der Waals surface area (Å²) in [6, 6.07) is 3.00. The number of rotatable bonds is 4. The van der Waals surface area contributed by atoms with E-state index >= 15 is 0 Å². The third-order valence-electron chi connectivity index (χ3n) is 2.97. The average molecular weight is 270 g/mol. The predicted octanol–water partition coefficient (Wildman–Crippen LogP) is 1.39.